The van der Waals surface area contributed by atoms with Crippen LogP contribution in [0.25, 0.3) is 0 Å². The summed E-state index contributed by atoms with van der Waals surface area (Å²) < 4.78 is 0. The third-order valence-corrected chi connectivity index (χ3v) is 3.40. The van der Waals surface area contributed by atoms with Crippen molar-refractivity contribution in [1.29, 1.82) is 0 Å². The van der Waals surface area contributed by atoms with Crippen LogP contribution >= 0.6 is 11.6 Å². The average Bonchev–Trinajstić information content (AvgIpc) is 2.20. The average molecular weight is 239 g/mol. The van der Waals surface area contributed by atoms with Crippen LogP contribution in [-0.4, -0.2) is 18.5 Å². The van der Waals surface area contributed by atoms with Crippen LogP contribution < -0.4 is 10.2 Å². The van der Waals surface area contributed by atoms with E-state index in [1.165, 1.54) is 0 Å². The van der Waals surface area contributed by atoms with Gasteiger partial charge in [0.05, 0.1) is 11.4 Å². The molecule has 0 saturated carbocycles. The Morgan fingerprint density at radius 1 is 1.38 bits per heavy atom. The SMILES string of the molecule is Cc1c(Cl)ccc2c1N(C)C(=O)C(C)(C)N2. The van der Waals surface area contributed by atoms with Crippen LogP contribution in [0.1, 0.15) is 19.4 Å². The lowest BCUT2D eigenvalue weighted by Gasteiger charge is -2.39. The van der Waals surface area contributed by atoms with E-state index < -0.39 is 5.54 Å². The highest BCUT2D eigenvalue weighted by Gasteiger charge is 2.37. The maximum Gasteiger partial charge on any atom is 0.251 e. The molecule has 16 heavy (non-hydrogen) atoms. The second kappa shape index (κ2) is 3.39. The van der Waals surface area contributed by atoms with Crippen LogP contribution in [0.15, 0.2) is 12.1 Å². The maximum atomic E-state index is 12.1. The van der Waals surface area contributed by atoms with Crippen molar-refractivity contribution in [3.8, 4) is 0 Å². The summed E-state index contributed by atoms with van der Waals surface area (Å²) in [5, 5.41) is 3.92. The van der Waals surface area contributed by atoms with Gasteiger partial charge in [-0.3, -0.25) is 4.79 Å². The minimum atomic E-state index is -0.567. The van der Waals surface area contributed by atoms with E-state index in [2.05, 4.69) is 5.32 Å². The van der Waals surface area contributed by atoms with E-state index in [-0.39, 0.29) is 5.91 Å². The number of nitrogens with zero attached hydrogens (tertiary/aromatic N) is 1. The first-order valence-electron chi connectivity index (χ1n) is 5.20. The summed E-state index contributed by atoms with van der Waals surface area (Å²) >= 11 is 6.06. The van der Waals surface area contributed by atoms with Crippen molar-refractivity contribution in [3.63, 3.8) is 0 Å². The highest BCUT2D eigenvalue weighted by atomic mass is 35.5. The van der Waals surface area contributed by atoms with Crippen molar-refractivity contribution in [1.82, 2.24) is 0 Å². The number of hydrogen-bond donors (Lipinski definition) is 1. The van der Waals surface area contributed by atoms with Crippen molar-refractivity contribution in [2.24, 2.45) is 0 Å². The molecule has 3 nitrogen and oxygen atoms in total. The van der Waals surface area contributed by atoms with Gasteiger partial charge in [-0.25, -0.2) is 0 Å². The molecule has 1 heterocycles. The van der Waals surface area contributed by atoms with Crippen LogP contribution in [0.2, 0.25) is 5.02 Å². The summed E-state index contributed by atoms with van der Waals surface area (Å²) in [4.78, 5) is 13.8. The van der Waals surface area contributed by atoms with E-state index in [4.69, 9.17) is 11.6 Å². The lowest BCUT2D eigenvalue weighted by molar-refractivity contribution is -0.121. The third kappa shape index (κ3) is 1.47. The molecule has 1 amide bonds. The number of fused-ring (bicyclic) bond motifs is 1. The fourth-order valence-electron chi connectivity index (χ4n) is 2.12. The Balaban J connectivity index is 2.64. The lowest BCUT2D eigenvalue weighted by atomic mass is 9.97. The van der Waals surface area contributed by atoms with Crippen LogP contribution in [0.4, 0.5) is 11.4 Å². The summed E-state index contributed by atoms with van der Waals surface area (Å²) in [5.74, 6) is 0.0466. The molecule has 0 bridgehead atoms. The van der Waals surface area contributed by atoms with Crippen molar-refractivity contribution in [2.75, 3.05) is 17.3 Å². The van der Waals surface area contributed by atoms with Crippen LogP contribution in [0.5, 0.6) is 0 Å². The molecule has 0 unspecified atom stereocenters. The number of carbonyl (C=O) groups excluding carboxylic acids is 1. The molecule has 1 aliphatic heterocycles. The second-order valence-corrected chi connectivity index (χ2v) is 5.09. The first-order valence-corrected chi connectivity index (χ1v) is 5.58. The van der Waals surface area contributed by atoms with Crippen molar-refractivity contribution in [2.45, 2.75) is 26.3 Å². The highest BCUT2D eigenvalue weighted by Crippen LogP contribution is 2.39. The molecule has 0 aromatic heterocycles. The normalized spacial score (nSPS) is 18.1. The van der Waals surface area contributed by atoms with Crippen molar-refractivity contribution in [3.05, 3.63) is 22.7 Å². The minimum Gasteiger partial charge on any atom is -0.370 e. The highest BCUT2D eigenvalue weighted by molar-refractivity contribution is 6.32. The predicted molar refractivity (Wildman–Crippen MR) is 67.3 cm³/mol. The first-order chi connectivity index (χ1) is 7.34. The Kier molecular flexibility index (Phi) is 2.39. The number of halogens is 1. The standard InChI is InChI=1S/C12H15ClN2O/c1-7-8(13)5-6-9-10(7)15(4)11(16)12(2,3)14-9/h5-6,14H,1-4H3. The van der Waals surface area contributed by atoms with Crippen LogP contribution in [0.3, 0.4) is 0 Å². The molecule has 0 spiro atoms. The van der Waals surface area contributed by atoms with Crippen molar-refractivity contribution < 1.29 is 4.79 Å². The van der Waals surface area contributed by atoms with Crippen LogP contribution in [0, 0.1) is 6.92 Å². The monoisotopic (exact) mass is 238 g/mol. The van der Waals surface area contributed by atoms with E-state index in [0.717, 1.165) is 16.9 Å². The molecule has 0 aliphatic carbocycles. The molecular formula is C12H15ClN2O. The van der Waals surface area contributed by atoms with Gasteiger partial charge >= 0.3 is 0 Å². The van der Waals surface area contributed by atoms with E-state index >= 15 is 0 Å². The number of likely N-dealkylation sites (N-methyl/N-ethyl adjacent to an activating group) is 1. The number of carbonyl (C=O) groups is 1. The Bertz CT molecular complexity index is 468. The van der Waals surface area contributed by atoms with Gasteiger partial charge in [0, 0.05) is 12.1 Å². The molecule has 1 aromatic carbocycles. The zero-order valence-corrected chi connectivity index (χ0v) is 10.6. The van der Waals surface area contributed by atoms with Gasteiger partial charge in [-0.05, 0) is 38.5 Å². The van der Waals surface area contributed by atoms with E-state index in [1.54, 1.807) is 11.9 Å². The number of amides is 1. The zero-order chi connectivity index (χ0) is 12.1. The Morgan fingerprint density at radius 2 is 2.00 bits per heavy atom. The Hall–Kier alpha value is -1.22. The predicted octanol–water partition coefficient (Wildman–Crippen LogP) is 2.82. The molecule has 0 saturated heterocycles. The Morgan fingerprint density at radius 3 is 2.62 bits per heavy atom. The summed E-state index contributed by atoms with van der Waals surface area (Å²) in [6.07, 6.45) is 0. The summed E-state index contributed by atoms with van der Waals surface area (Å²) in [6.45, 7) is 5.67. The third-order valence-electron chi connectivity index (χ3n) is 2.99. The number of rotatable bonds is 0. The number of anilines is 2. The topological polar surface area (TPSA) is 32.3 Å². The lowest BCUT2D eigenvalue weighted by Crippen LogP contribution is -2.52. The largest absolute Gasteiger partial charge is 0.370 e. The summed E-state index contributed by atoms with van der Waals surface area (Å²) in [6, 6.07) is 3.76. The van der Waals surface area contributed by atoms with Gasteiger partial charge in [0.1, 0.15) is 5.54 Å². The van der Waals surface area contributed by atoms with Gasteiger partial charge in [-0.15, -0.1) is 0 Å². The van der Waals surface area contributed by atoms with E-state index in [9.17, 15) is 4.79 Å². The molecule has 1 aromatic rings. The summed E-state index contributed by atoms with van der Waals surface area (Å²) in [5.41, 5.74) is 2.19. The van der Waals surface area contributed by atoms with Gasteiger partial charge in [0.2, 0.25) is 0 Å². The number of benzene rings is 1. The van der Waals surface area contributed by atoms with Crippen molar-refractivity contribution >= 4 is 28.9 Å². The van der Waals surface area contributed by atoms with E-state index in [1.807, 2.05) is 32.9 Å². The quantitative estimate of drug-likeness (QED) is 0.754. The number of nitrogens with one attached hydrogen (secondary N) is 1. The molecule has 1 aliphatic rings. The zero-order valence-electron chi connectivity index (χ0n) is 9.89. The fourth-order valence-corrected chi connectivity index (χ4v) is 2.27. The molecule has 86 valence electrons. The fraction of sp³-hybridized carbons (Fsp3) is 0.417. The smallest absolute Gasteiger partial charge is 0.251 e. The van der Waals surface area contributed by atoms with Gasteiger partial charge in [-0.1, -0.05) is 11.6 Å². The molecule has 0 atom stereocenters. The molecule has 2 rings (SSSR count). The molecule has 0 fully saturated rings. The molecule has 0 radical (unpaired) electrons. The molecular weight excluding hydrogens is 224 g/mol. The Labute approximate surface area is 100 Å². The van der Waals surface area contributed by atoms with Gasteiger partial charge in [0.15, 0.2) is 0 Å². The first kappa shape index (κ1) is 11.3. The molecule has 4 heteroatoms. The molecule has 1 N–H and O–H groups in total. The van der Waals surface area contributed by atoms with Gasteiger partial charge < -0.3 is 10.2 Å². The maximum absolute atomic E-state index is 12.1. The van der Waals surface area contributed by atoms with Gasteiger partial charge in [-0.2, -0.15) is 0 Å². The van der Waals surface area contributed by atoms with E-state index in [0.29, 0.717) is 5.02 Å². The second-order valence-electron chi connectivity index (χ2n) is 4.68. The minimum absolute atomic E-state index is 0.0466. The summed E-state index contributed by atoms with van der Waals surface area (Å²) in [7, 11) is 1.78. The van der Waals surface area contributed by atoms with Crippen LogP contribution in [-0.2, 0) is 4.79 Å². The van der Waals surface area contributed by atoms with Gasteiger partial charge in [0.25, 0.3) is 5.91 Å². The number of hydrogen-bond acceptors (Lipinski definition) is 2.